The maximum Gasteiger partial charge on any atom is 0.220 e. The van der Waals surface area contributed by atoms with Gasteiger partial charge < -0.3 is 15.6 Å². The van der Waals surface area contributed by atoms with Crippen LogP contribution in [0.4, 0.5) is 0 Å². The zero-order valence-corrected chi connectivity index (χ0v) is 12.1. The average molecular weight is 274 g/mol. The van der Waals surface area contributed by atoms with Gasteiger partial charge in [0.05, 0.1) is 11.0 Å². The molecule has 0 fully saturated rings. The second kappa shape index (κ2) is 7.05. The van der Waals surface area contributed by atoms with Crippen molar-refractivity contribution >= 4 is 16.9 Å². The molecule has 0 saturated carbocycles. The fourth-order valence-corrected chi connectivity index (χ4v) is 2.13. The third-order valence-electron chi connectivity index (χ3n) is 3.23. The molecule has 1 aromatic carbocycles. The Bertz CT molecular complexity index is 576. The number of nitrogens with zero attached hydrogens (tertiary/aromatic N) is 1. The Kier molecular flexibility index (Phi) is 5.12. The Morgan fingerprint density at radius 2 is 2.20 bits per heavy atom. The molecule has 1 aromatic heterocycles. The summed E-state index contributed by atoms with van der Waals surface area (Å²) in [6.07, 6.45) is 1.10. The van der Waals surface area contributed by atoms with Gasteiger partial charge in [-0.2, -0.15) is 0 Å². The molecule has 1 heterocycles. The van der Waals surface area contributed by atoms with E-state index in [0.717, 1.165) is 35.5 Å². The number of hydrogen-bond donors (Lipinski definition) is 3. The Morgan fingerprint density at radius 3 is 2.95 bits per heavy atom. The number of H-pyrrole nitrogens is 1. The van der Waals surface area contributed by atoms with Crippen molar-refractivity contribution in [2.75, 3.05) is 19.6 Å². The summed E-state index contributed by atoms with van der Waals surface area (Å²) in [5.41, 5.74) is 3.18. The molecule has 2 rings (SSSR count). The summed E-state index contributed by atoms with van der Waals surface area (Å²) in [5.74, 6) is 0.941. The Hall–Kier alpha value is -1.88. The van der Waals surface area contributed by atoms with E-state index in [1.54, 1.807) is 0 Å². The van der Waals surface area contributed by atoms with Crippen LogP contribution in [0.3, 0.4) is 0 Å². The van der Waals surface area contributed by atoms with Gasteiger partial charge in [0.15, 0.2) is 0 Å². The van der Waals surface area contributed by atoms with Gasteiger partial charge in [-0.25, -0.2) is 4.98 Å². The van der Waals surface area contributed by atoms with Crippen LogP contribution in [0.25, 0.3) is 11.0 Å². The average Bonchev–Trinajstić information content (AvgIpc) is 2.86. The first-order valence-electron chi connectivity index (χ1n) is 7.12. The molecule has 0 aliphatic heterocycles. The molecule has 5 nitrogen and oxygen atoms in total. The van der Waals surface area contributed by atoms with Crippen LogP contribution in [-0.2, 0) is 11.2 Å². The number of rotatable bonds is 7. The number of aromatic amines is 1. The molecule has 20 heavy (non-hydrogen) atoms. The lowest BCUT2D eigenvalue weighted by molar-refractivity contribution is -0.121. The van der Waals surface area contributed by atoms with Crippen molar-refractivity contribution in [3.63, 3.8) is 0 Å². The molecule has 0 radical (unpaired) electrons. The summed E-state index contributed by atoms with van der Waals surface area (Å²) in [5, 5.41) is 6.06. The van der Waals surface area contributed by atoms with E-state index in [1.807, 2.05) is 32.0 Å². The van der Waals surface area contributed by atoms with E-state index in [4.69, 9.17) is 0 Å². The van der Waals surface area contributed by atoms with Crippen molar-refractivity contribution in [3.05, 3.63) is 29.6 Å². The van der Waals surface area contributed by atoms with Crippen LogP contribution >= 0.6 is 0 Å². The van der Waals surface area contributed by atoms with Crippen LogP contribution in [0, 0.1) is 6.92 Å². The molecule has 0 aliphatic rings. The summed E-state index contributed by atoms with van der Waals surface area (Å²) in [4.78, 5) is 19.5. The van der Waals surface area contributed by atoms with Gasteiger partial charge in [0.1, 0.15) is 5.82 Å². The zero-order chi connectivity index (χ0) is 14.4. The number of imidazole rings is 1. The highest BCUT2D eigenvalue weighted by Gasteiger charge is 2.07. The highest BCUT2D eigenvalue weighted by molar-refractivity contribution is 5.79. The number of amides is 1. The van der Waals surface area contributed by atoms with Crippen LogP contribution in [0.1, 0.15) is 24.7 Å². The SMILES string of the molecule is CCNCCNC(=O)CCc1nc2c(C)cccc2[nH]1. The minimum absolute atomic E-state index is 0.0695. The zero-order valence-electron chi connectivity index (χ0n) is 12.1. The van der Waals surface area contributed by atoms with Gasteiger partial charge in [0.2, 0.25) is 5.91 Å². The second-order valence-electron chi connectivity index (χ2n) is 4.86. The summed E-state index contributed by atoms with van der Waals surface area (Å²) in [6, 6.07) is 6.06. The Labute approximate surface area is 119 Å². The molecule has 0 unspecified atom stereocenters. The van der Waals surface area contributed by atoms with Crippen molar-refractivity contribution in [1.29, 1.82) is 0 Å². The third-order valence-corrected chi connectivity index (χ3v) is 3.23. The van der Waals surface area contributed by atoms with Crippen molar-refractivity contribution in [2.45, 2.75) is 26.7 Å². The lowest BCUT2D eigenvalue weighted by Gasteiger charge is -2.04. The van der Waals surface area contributed by atoms with E-state index in [1.165, 1.54) is 0 Å². The first-order chi connectivity index (χ1) is 9.70. The van der Waals surface area contributed by atoms with Crippen LogP contribution in [0.15, 0.2) is 18.2 Å². The summed E-state index contributed by atoms with van der Waals surface area (Å²) in [7, 11) is 0. The fourth-order valence-electron chi connectivity index (χ4n) is 2.13. The molecule has 3 N–H and O–H groups in total. The molecule has 5 heteroatoms. The number of nitrogens with one attached hydrogen (secondary N) is 3. The highest BCUT2D eigenvalue weighted by Crippen LogP contribution is 2.15. The first-order valence-corrected chi connectivity index (χ1v) is 7.12. The lowest BCUT2D eigenvalue weighted by atomic mass is 10.2. The van der Waals surface area contributed by atoms with Gasteiger partial charge in [0, 0.05) is 25.9 Å². The van der Waals surface area contributed by atoms with Crippen molar-refractivity contribution in [1.82, 2.24) is 20.6 Å². The number of hydrogen-bond acceptors (Lipinski definition) is 3. The van der Waals surface area contributed by atoms with Crippen LogP contribution in [0.2, 0.25) is 0 Å². The number of aromatic nitrogens is 2. The fraction of sp³-hybridized carbons (Fsp3) is 0.467. The molecule has 0 spiro atoms. The predicted octanol–water partition coefficient (Wildman–Crippen LogP) is 1.53. The van der Waals surface area contributed by atoms with E-state index in [0.29, 0.717) is 19.4 Å². The maximum absolute atomic E-state index is 11.7. The monoisotopic (exact) mass is 274 g/mol. The number of aryl methyl sites for hydroxylation is 2. The van der Waals surface area contributed by atoms with Gasteiger partial charge in [0.25, 0.3) is 0 Å². The number of fused-ring (bicyclic) bond motifs is 1. The standard InChI is InChI=1S/C15H22N4O/c1-3-16-9-10-17-14(20)8-7-13-18-12-6-4-5-11(2)15(12)19-13/h4-6,16H,3,7-10H2,1-2H3,(H,17,20)(H,18,19). The molecule has 0 saturated heterocycles. The minimum atomic E-state index is 0.0695. The molecule has 2 aromatic rings. The van der Waals surface area contributed by atoms with Crippen LogP contribution in [0.5, 0.6) is 0 Å². The summed E-state index contributed by atoms with van der Waals surface area (Å²) >= 11 is 0. The van der Waals surface area contributed by atoms with Gasteiger partial charge in [-0.05, 0) is 25.1 Å². The lowest BCUT2D eigenvalue weighted by Crippen LogP contribution is -2.31. The number of carbonyl (C=O) groups excluding carboxylic acids is 1. The van der Waals surface area contributed by atoms with Gasteiger partial charge in [-0.3, -0.25) is 4.79 Å². The Morgan fingerprint density at radius 1 is 1.35 bits per heavy atom. The summed E-state index contributed by atoms with van der Waals surface area (Å²) in [6.45, 7) is 6.50. The molecular weight excluding hydrogens is 252 g/mol. The third kappa shape index (κ3) is 3.81. The Balaban J connectivity index is 1.83. The van der Waals surface area contributed by atoms with E-state index >= 15 is 0 Å². The van der Waals surface area contributed by atoms with Crippen molar-refractivity contribution < 1.29 is 4.79 Å². The smallest absolute Gasteiger partial charge is 0.220 e. The van der Waals surface area contributed by atoms with Crippen molar-refractivity contribution in [2.24, 2.45) is 0 Å². The van der Waals surface area contributed by atoms with Gasteiger partial charge in [-0.15, -0.1) is 0 Å². The largest absolute Gasteiger partial charge is 0.355 e. The molecular formula is C15H22N4O. The number of benzene rings is 1. The van der Waals surface area contributed by atoms with Gasteiger partial charge in [-0.1, -0.05) is 19.1 Å². The molecule has 0 bridgehead atoms. The molecule has 0 aliphatic carbocycles. The van der Waals surface area contributed by atoms with Crippen LogP contribution < -0.4 is 10.6 Å². The molecule has 108 valence electrons. The second-order valence-corrected chi connectivity index (χ2v) is 4.86. The quantitative estimate of drug-likeness (QED) is 0.671. The normalized spacial score (nSPS) is 10.9. The molecule has 0 atom stereocenters. The number of para-hydroxylation sites is 1. The van der Waals surface area contributed by atoms with E-state index in [9.17, 15) is 4.79 Å². The number of likely N-dealkylation sites (N-methyl/N-ethyl adjacent to an activating group) is 1. The molecule has 1 amide bonds. The highest BCUT2D eigenvalue weighted by atomic mass is 16.1. The summed E-state index contributed by atoms with van der Waals surface area (Å²) < 4.78 is 0. The van der Waals surface area contributed by atoms with Gasteiger partial charge >= 0.3 is 0 Å². The van der Waals surface area contributed by atoms with Crippen molar-refractivity contribution in [3.8, 4) is 0 Å². The van der Waals surface area contributed by atoms with E-state index in [-0.39, 0.29) is 5.91 Å². The topological polar surface area (TPSA) is 69.8 Å². The minimum Gasteiger partial charge on any atom is -0.355 e. The van der Waals surface area contributed by atoms with E-state index in [2.05, 4.69) is 20.6 Å². The van der Waals surface area contributed by atoms with E-state index < -0.39 is 0 Å². The first kappa shape index (κ1) is 14.5. The maximum atomic E-state index is 11.7. The number of carbonyl (C=O) groups is 1. The van der Waals surface area contributed by atoms with Crippen LogP contribution in [-0.4, -0.2) is 35.5 Å². The predicted molar refractivity (Wildman–Crippen MR) is 80.7 cm³/mol.